The third-order valence-electron chi connectivity index (χ3n) is 3.97. The van der Waals surface area contributed by atoms with Crippen LogP contribution in [0.15, 0.2) is 71.1 Å². The van der Waals surface area contributed by atoms with Gasteiger partial charge in [-0.15, -0.1) is 0 Å². The van der Waals surface area contributed by atoms with E-state index in [4.69, 9.17) is 21.4 Å². The summed E-state index contributed by atoms with van der Waals surface area (Å²) in [5.41, 5.74) is 1.78. The first kappa shape index (κ1) is 14.0. The maximum Gasteiger partial charge on any atom is 0.143 e. The first-order chi connectivity index (χ1) is 11.3. The molecule has 1 aromatic heterocycles. The highest BCUT2D eigenvalue weighted by Crippen LogP contribution is 2.32. The summed E-state index contributed by atoms with van der Waals surface area (Å²) < 4.78 is 12.3. The smallest absolute Gasteiger partial charge is 0.143 e. The molecule has 3 heteroatoms. The molecule has 0 N–H and O–H groups in total. The summed E-state index contributed by atoms with van der Waals surface area (Å²) in [6, 6.07) is 22.0. The van der Waals surface area contributed by atoms with Gasteiger partial charge in [0, 0.05) is 22.4 Å². The van der Waals surface area contributed by atoms with E-state index in [-0.39, 0.29) is 0 Å². The Bertz CT molecular complexity index is 1080. The van der Waals surface area contributed by atoms with Crippen LogP contribution in [-0.4, -0.2) is 7.11 Å². The van der Waals surface area contributed by atoms with Gasteiger partial charge >= 0.3 is 0 Å². The molecule has 0 bridgehead atoms. The van der Waals surface area contributed by atoms with Gasteiger partial charge in [-0.2, -0.15) is 0 Å². The monoisotopic (exact) mass is 318 g/mol. The highest BCUT2D eigenvalue weighted by atomic mass is 32.1. The molecule has 0 aliphatic heterocycles. The van der Waals surface area contributed by atoms with Gasteiger partial charge < -0.3 is 9.15 Å². The molecular weight excluding hydrogens is 304 g/mol. The summed E-state index contributed by atoms with van der Waals surface area (Å²) >= 11 is 5.57. The molecule has 0 radical (unpaired) electrons. The molecule has 23 heavy (non-hydrogen) atoms. The molecule has 0 atom stereocenters. The molecule has 0 saturated carbocycles. The highest BCUT2D eigenvalue weighted by molar-refractivity contribution is 7.71. The number of fused-ring (bicyclic) bond motifs is 3. The van der Waals surface area contributed by atoms with Crippen molar-refractivity contribution in [3.8, 4) is 17.1 Å². The van der Waals surface area contributed by atoms with Crippen LogP contribution in [0.3, 0.4) is 0 Å². The Balaban J connectivity index is 2.05. The molecular formula is C20H14O2S. The topological polar surface area (TPSA) is 22.4 Å². The zero-order valence-corrected chi connectivity index (χ0v) is 13.4. The molecule has 1 heterocycles. The second-order valence-electron chi connectivity index (χ2n) is 5.37. The summed E-state index contributed by atoms with van der Waals surface area (Å²) in [7, 11) is 1.66. The van der Waals surface area contributed by atoms with Crippen LogP contribution in [0.25, 0.3) is 33.1 Å². The largest absolute Gasteiger partial charge is 0.497 e. The van der Waals surface area contributed by atoms with Gasteiger partial charge in [-0.05, 0) is 23.6 Å². The molecule has 4 aromatic rings. The maximum atomic E-state index is 6.22. The lowest BCUT2D eigenvalue weighted by Crippen LogP contribution is -1.85. The Labute approximate surface area is 138 Å². The van der Waals surface area contributed by atoms with Gasteiger partial charge in [-0.1, -0.05) is 54.7 Å². The van der Waals surface area contributed by atoms with Gasteiger partial charge in [0.15, 0.2) is 0 Å². The molecule has 0 spiro atoms. The van der Waals surface area contributed by atoms with E-state index in [0.717, 1.165) is 43.3 Å². The molecule has 0 amide bonds. The predicted octanol–water partition coefficient (Wildman–Crippen LogP) is 5.99. The average molecular weight is 318 g/mol. The zero-order valence-electron chi connectivity index (χ0n) is 12.6. The van der Waals surface area contributed by atoms with Crippen molar-refractivity contribution >= 4 is 34.0 Å². The third kappa shape index (κ3) is 2.39. The molecule has 3 aromatic carbocycles. The van der Waals surface area contributed by atoms with E-state index in [9.17, 15) is 0 Å². The number of methoxy groups -OCH3 is 1. The SMILES string of the molecule is COc1cccc(-c2cc(=S)c3ccc4ccccc4c3o2)c1. The number of hydrogen-bond donors (Lipinski definition) is 0. The second kappa shape index (κ2) is 5.52. The minimum Gasteiger partial charge on any atom is -0.497 e. The van der Waals surface area contributed by atoms with Crippen LogP contribution in [0.4, 0.5) is 0 Å². The molecule has 2 nitrogen and oxygen atoms in total. The molecule has 4 rings (SSSR count). The van der Waals surface area contributed by atoms with Crippen LogP contribution >= 0.6 is 12.2 Å². The number of ether oxygens (including phenoxy) is 1. The normalized spacial score (nSPS) is 11.0. The van der Waals surface area contributed by atoms with Crippen LogP contribution < -0.4 is 4.74 Å². The van der Waals surface area contributed by atoms with E-state index in [0.29, 0.717) is 0 Å². The number of rotatable bonds is 2. The fourth-order valence-corrected chi connectivity index (χ4v) is 3.07. The van der Waals surface area contributed by atoms with E-state index in [1.165, 1.54) is 0 Å². The first-order valence-electron chi connectivity index (χ1n) is 7.36. The Morgan fingerprint density at radius 3 is 2.61 bits per heavy atom. The van der Waals surface area contributed by atoms with E-state index in [1.807, 2.05) is 48.5 Å². The van der Waals surface area contributed by atoms with Gasteiger partial charge in [0.2, 0.25) is 0 Å². The van der Waals surface area contributed by atoms with Crippen molar-refractivity contribution in [2.45, 2.75) is 0 Å². The van der Waals surface area contributed by atoms with Crippen molar-refractivity contribution in [3.63, 3.8) is 0 Å². The summed E-state index contributed by atoms with van der Waals surface area (Å²) in [4.78, 5) is 0. The Kier molecular flexibility index (Phi) is 3.36. The average Bonchev–Trinajstić information content (AvgIpc) is 2.61. The molecule has 0 unspecified atom stereocenters. The van der Waals surface area contributed by atoms with Crippen molar-refractivity contribution in [2.75, 3.05) is 7.11 Å². The van der Waals surface area contributed by atoms with Crippen molar-refractivity contribution in [1.29, 1.82) is 0 Å². The molecule has 0 aliphatic rings. The summed E-state index contributed by atoms with van der Waals surface area (Å²) in [6.45, 7) is 0. The van der Waals surface area contributed by atoms with Crippen LogP contribution in [0.5, 0.6) is 5.75 Å². The number of hydrogen-bond acceptors (Lipinski definition) is 3. The van der Waals surface area contributed by atoms with Crippen LogP contribution in [0.1, 0.15) is 0 Å². The van der Waals surface area contributed by atoms with Crippen LogP contribution in [0, 0.1) is 4.51 Å². The first-order valence-corrected chi connectivity index (χ1v) is 7.77. The van der Waals surface area contributed by atoms with Gasteiger partial charge in [-0.3, -0.25) is 0 Å². The van der Waals surface area contributed by atoms with Gasteiger partial charge in [0.25, 0.3) is 0 Å². The lowest BCUT2D eigenvalue weighted by atomic mass is 10.1. The maximum absolute atomic E-state index is 6.22. The van der Waals surface area contributed by atoms with E-state index < -0.39 is 0 Å². The van der Waals surface area contributed by atoms with Crippen molar-refractivity contribution < 1.29 is 9.15 Å². The standard InChI is InChI=1S/C20H14O2S/c1-21-15-7-4-6-14(11-15)18-12-19(23)17-10-9-13-5-2-3-8-16(13)20(17)22-18/h2-12H,1H3. The Morgan fingerprint density at radius 2 is 1.74 bits per heavy atom. The minimum atomic E-state index is 0.748. The Morgan fingerprint density at radius 1 is 0.870 bits per heavy atom. The second-order valence-corrected chi connectivity index (χ2v) is 5.81. The van der Waals surface area contributed by atoms with E-state index in [1.54, 1.807) is 7.11 Å². The van der Waals surface area contributed by atoms with Crippen molar-refractivity contribution in [2.24, 2.45) is 0 Å². The molecule has 0 saturated heterocycles. The number of benzene rings is 3. The Hall–Kier alpha value is -2.65. The molecule has 0 fully saturated rings. The minimum absolute atomic E-state index is 0.748. The van der Waals surface area contributed by atoms with Crippen molar-refractivity contribution in [1.82, 2.24) is 0 Å². The lowest BCUT2D eigenvalue weighted by Gasteiger charge is -2.08. The quantitative estimate of drug-likeness (QED) is 0.335. The molecule has 112 valence electrons. The van der Waals surface area contributed by atoms with Gasteiger partial charge in [0.05, 0.1) is 11.6 Å². The summed E-state index contributed by atoms with van der Waals surface area (Å²) in [6.07, 6.45) is 0. The highest BCUT2D eigenvalue weighted by Gasteiger charge is 2.09. The lowest BCUT2D eigenvalue weighted by molar-refractivity contribution is 0.415. The van der Waals surface area contributed by atoms with Crippen LogP contribution in [-0.2, 0) is 0 Å². The molecule has 0 aliphatic carbocycles. The van der Waals surface area contributed by atoms with Crippen molar-refractivity contribution in [3.05, 3.63) is 71.2 Å². The predicted molar refractivity (Wildman–Crippen MR) is 96.5 cm³/mol. The third-order valence-corrected chi connectivity index (χ3v) is 4.31. The summed E-state index contributed by atoms with van der Waals surface area (Å²) in [5, 5.41) is 3.17. The zero-order chi connectivity index (χ0) is 15.8. The van der Waals surface area contributed by atoms with Gasteiger partial charge in [0.1, 0.15) is 17.1 Å². The van der Waals surface area contributed by atoms with E-state index >= 15 is 0 Å². The fourth-order valence-electron chi connectivity index (χ4n) is 2.80. The summed E-state index contributed by atoms with van der Waals surface area (Å²) in [5.74, 6) is 1.54. The fraction of sp³-hybridized carbons (Fsp3) is 0.0500. The van der Waals surface area contributed by atoms with E-state index in [2.05, 4.69) is 18.2 Å². The van der Waals surface area contributed by atoms with Gasteiger partial charge in [-0.25, -0.2) is 0 Å². The van der Waals surface area contributed by atoms with Crippen LogP contribution in [0.2, 0.25) is 0 Å².